The van der Waals surface area contributed by atoms with Crippen molar-refractivity contribution < 1.29 is 14.1 Å². The number of halogens is 1. The molecule has 2 aromatic rings. The highest BCUT2D eigenvalue weighted by molar-refractivity contribution is 7.98. The fraction of sp³-hybridized carbons (Fsp3) is 0.235. The van der Waals surface area contributed by atoms with Crippen LogP contribution in [0.25, 0.3) is 0 Å². The Hall–Kier alpha value is -2.41. The van der Waals surface area contributed by atoms with E-state index >= 15 is 0 Å². The van der Waals surface area contributed by atoms with Crippen LogP contribution in [0.2, 0.25) is 0 Å². The van der Waals surface area contributed by atoms with Crippen molar-refractivity contribution in [2.75, 3.05) is 12.3 Å². The third kappa shape index (κ3) is 4.55. The van der Waals surface area contributed by atoms with Crippen molar-refractivity contribution in [3.05, 3.63) is 75.1 Å². The number of carbonyl (C=O) groups is 1. The zero-order chi connectivity index (χ0) is 17.5. The second kappa shape index (κ2) is 8.44. The second-order valence-corrected chi connectivity index (χ2v) is 6.21. The lowest BCUT2D eigenvalue weighted by Crippen LogP contribution is -2.26. The van der Waals surface area contributed by atoms with Crippen LogP contribution in [0.5, 0.6) is 0 Å². The molecule has 0 atom stereocenters. The van der Waals surface area contributed by atoms with Crippen molar-refractivity contribution in [1.29, 1.82) is 0 Å². The van der Waals surface area contributed by atoms with Gasteiger partial charge in [-0.3, -0.25) is 14.9 Å². The SMILES string of the molecule is Cc1c(C(=O)NCCSCc2ccccc2F)cccc1[N+](=O)[O-]. The molecule has 0 aliphatic carbocycles. The summed E-state index contributed by atoms with van der Waals surface area (Å²) >= 11 is 1.51. The Kier molecular flexibility index (Phi) is 6.31. The molecule has 2 rings (SSSR count). The summed E-state index contributed by atoms with van der Waals surface area (Å²) in [6.07, 6.45) is 0. The number of hydrogen-bond donors (Lipinski definition) is 1. The molecule has 24 heavy (non-hydrogen) atoms. The summed E-state index contributed by atoms with van der Waals surface area (Å²) < 4.78 is 13.5. The highest BCUT2D eigenvalue weighted by Gasteiger charge is 2.17. The number of thioether (sulfide) groups is 1. The fourth-order valence-corrected chi connectivity index (χ4v) is 3.04. The highest BCUT2D eigenvalue weighted by Crippen LogP contribution is 2.21. The second-order valence-electron chi connectivity index (χ2n) is 5.11. The summed E-state index contributed by atoms with van der Waals surface area (Å²) in [5, 5.41) is 13.6. The maximum Gasteiger partial charge on any atom is 0.273 e. The smallest absolute Gasteiger partial charge is 0.273 e. The van der Waals surface area contributed by atoms with Gasteiger partial charge >= 0.3 is 0 Å². The Morgan fingerprint density at radius 2 is 2.00 bits per heavy atom. The van der Waals surface area contributed by atoms with Gasteiger partial charge in [0.05, 0.1) is 4.92 Å². The first-order chi connectivity index (χ1) is 11.5. The number of nitrogens with zero attached hydrogens (tertiary/aromatic N) is 1. The number of nitro benzene ring substituents is 1. The summed E-state index contributed by atoms with van der Waals surface area (Å²) in [7, 11) is 0. The van der Waals surface area contributed by atoms with Crippen molar-refractivity contribution in [3.8, 4) is 0 Å². The molecule has 0 aliphatic rings. The lowest BCUT2D eigenvalue weighted by molar-refractivity contribution is -0.385. The van der Waals surface area contributed by atoms with Crippen molar-refractivity contribution in [2.45, 2.75) is 12.7 Å². The van der Waals surface area contributed by atoms with E-state index < -0.39 is 4.92 Å². The molecule has 2 aromatic carbocycles. The molecular weight excluding hydrogens is 331 g/mol. The zero-order valence-electron chi connectivity index (χ0n) is 13.1. The van der Waals surface area contributed by atoms with Gasteiger partial charge in [-0.1, -0.05) is 24.3 Å². The van der Waals surface area contributed by atoms with E-state index in [4.69, 9.17) is 0 Å². The van der Waals surface area contributed by atoms with Gasteiger partial charge in [0.2, 0.25) is 0 Å². The number of carbonyl (C=O) groups excluding carboxylic acids is 1. The summed E-state index contributed by atoms with van der Waals surface area (Å²) in [6.45, 7) is 1.96. The molecule has 0 fully saturated rings. The van der Waals surface area contributed by atoms with Gasteiger partial charge in [-0.05, 0) is 24.6 Å². The first kappa shape index (κ1) is 17.9. The summed E-state index contributed by atoms with van der Waals surface area (Å²) in [6, 6.07) is 11.0. The number of rotatable bonds is 7. The average molecular weight is 348 g/mol. The Morgan fingerprint density at radius 1 is 1.25 bits per heavy atom. The lowest BCUT2D eigenvalue weighted by Gasteiger charge is -2.08. The molecule has 0 unspecified atom stereocenters. The van der Waals surface area contributed by atoms with Gasteiger partial charge in [0.25, 0.3) is 11.6 Å². The van der Waals surface area contributed by atoms with E-state index in [0.29, 0.717) is 34.7 Å². The van der Waals surface area contributed by atoms with Crippen LogP contribution in [-0.4, -0.2) is 23.1 Å². The predicted molar refractivity (Wildman–Crippen MR) is 92.7 cm³/mol. The molecule has 5 nitrogen and oxygen atoms in total. The molecule has 0 heterocycles. The molecular formula is C17H17FN2O3S. The molecule has 1 amide bonds. The molecule has 126 valence electrons. The largest absolute Gasteiger partial charge is 0.351 e. The molecule has 0 bridgehead atoms. The Morgan fingerprint density at radius 3 is 2.71 bits per heavy atom. The number of amides is 1. The summed E-state index contributed by atoms with van der Waals surface area (Å²) in [4.78, 5) is 22.5. The molecule has 0 radical (unpaired) electrons. The zero-order valence-corrected chi connectivity index (χ0v) is 13.9. The van der Waals surface area contributed by atoms with E-state index in [1.807, 2.05) is 0 Å². The Bertz CT molecular complexity index is 752. The average Bonchev–Trinajstić information content (AvgIpc) is 2.56. The third-order valence-electron chi connectivity index (χ3n) is 3.49. The third-order valence-corrected chi connectivity index (χ3v) is 4.50. The normalized spacial score (nSPS) is 10.4. The van der Waals surface area contributed by atoms with Gasteiger partial charge in [-0.25, -0.2) is 4.39 Å². The topological polar surface area (TPSA) is 72.2 Å². The maximum absolute atomic E-state index is 13.5. The van der Waals surface area contributed by atoms with Crippen LogP contribution in [0, 0.1) is 22.9 Å². The molecule has 0 saturated heterocycles. The van der Waals surface area contributed by atoms with Crippen molar-refractivity contribution >= 4 is 23.4 Å². The molecule has 0 spiro atoms. The predicted octanol–water partition coefficient (Wildman–Crippen LogP) is 3.71. The van der Waals surface area contributed by atoms with Crippen molar-refractivity contribution in [3.63, 3.8) is 0 Å². The molecule has 7 heteroatoms. The van der Waals surface area contributed by atoms with Crippen LogP contribution in [0.1, 0.15) is 21.5 Å². The number of nitrogens with one attached hydrogen (secondary N) is 1. The van der Waals surface area contributed by atoms with Crippen LogP contribution in [0.15, 0.2) is 42.5 Å². The minimum absolute atomic E-state index is 0.0726. The molecule has 0 aromatic heterocycles. The van der Waals surface area contributed by atoms with Crippen LogP contribution < -0.4 is 5.32 Å². The minimum Gasteiger partial charge on any atom is -0.351 e. The van der Waals surface area contributed by atoms with E-state index in [1.165, 1.54) is 30.0 Å². The highest BCUT2D eigenvalue weighted by atomic mass is 32.2. The summed E-state index contributed by atoms with van der Waals surface area (Å²) in [5.41, 5.74) is 1.20. The minimum atomic E-state index is -0.504. The van der Waals surface area contributed by atoms with E-state index in [1.54, 1.807) is 31.2 Å². The van der Waals surface area contributed by atoms with E-state index in [0.717, 1.165) is 0 Å². The van der Waals surface area contributed by atoms with Crippen LogP contribution in [-0.2, 0) is 5.75 Å². The molecule has 0 aliphatic heterocycles. The number of hydrogen-bond acceptors (Lipinski definition) is 4. The van der Waals surface area contributed by atoms with Crippen LogP contribution in [0.4, 0.5) is 10.1 Å². The Labute approximate surface area is 143 Å². The van der Waals surface area contributed by atoms with E-state index in [2.05, 4.69) is 5.32 Å². The van der Waals surface area contributed by atoms with Crippen LogP contribution in [0.3, 0.4) is 0 Å². The van der Waals surface area contributed by atoms with Gasteiger partial charge in [0.15, 0.2) is 0 Å². The number of benzene rings is 2. The molecule has 0 saturated carbocycles. The standard InChI is InChI=1S/C17H17FN2O3S/c1-12-14(6-4-8-16(12)20(22)23)17(21)19-9-10-24-11-13-5-2-3-7-15(13)18/h2-8H,9-11H2,1H3,(H,19,21). The van der Waals surface area contributed by atoms with Crippen LogP contribution >= 0.6 is 11.8 Å². The van der Waals surface area contributed by atoms with E-state index in [-0.39, 0.29) is 17.4 Å². The Balaban J connectivity index is 1.83. The first-order valence-electron chi connectivity index (χ1n) is 7.34. The maximum atomic E-state index is 13.5. The lowest BCUT2D eigenvalue weighted by atomic mass is 10.1. The van der Waals surface area contributed by atoms with Gasteiger partial charge < -0.3 is 5.32 Å². The van der Waals surface area contributed by atoms with Crippen molar-refractivity contribution in [2.24, 2.45) is 0 Å². The van der Waals surface area contributed by atoms with Gasteiger partial charge in [-0.2, -0.15) is 11.8 Å². The van der Waals surface area contributed by atoms with Gasteiger partial charge in [0.1, 0.15) is 5.82 Å². The van der Waals surface area contributed by atoms with Gasteiger partial charge in [-0.15, -0.1) is 0 Å². The quantitative estimate of drug-likeness (QED) is 0.470. The van der Waals surface area contributed by atoms with Gasteiger partial charge in [0, 0.05) is 35.2 Å². The summed E-state index contributed by atoms with van der Waals surface area (Å²) in [5.74, 6) is 0.566. The fourth-order valence-electron chi connectivity index (χ4n) is 2.20. The van der Waals surface area contributed by atoms with Crippen molar-refractivity contribution in [1.82, 2.24) is 5.32 Å². The number of nitro groups is 1. The van der Waals surface area contributed by atoms with E-state index in [9.17, 15) is 19.3 Å². The monoisotopic (exact) mass is 348 g/mol. The molecule has 1 N–H and O–H groups in total. The first-order valence-corrected chi connectivity index (χ1v) is 8.49.